The number of amides is 2. The molecule has 168 valence electrons. The number of piperidine rings is 1. The summed E-state index contributed by atoms with van der Waals surface area (Å²) in [6, 6.07) is 10.9. The molecule has 0 aliphatic carbocycles. The lowest BCUT2D eigenvalue weighted by atomic mass is 9.77. The predicted octanol–water partition coefficient (Wildman–Crippen LogP) is 3.25. The number of nitrogens with zero attached hydrogens (tertiary/aromatic N) is 2. The number of carbonyl (C=O) groups excluding carboxylic acids is 3. The van der Waals surface area contributed by atoms with Crippen molar-refractivity contribution in [3.8, 4) is 11.5 Å². The summed E-state index contributed by atoms with van der Waals surface area (Å²) in [6.45, 7) is 4.49. The van der Waals surface area contributed by atoms with Crippen molar-refractivity contribution in [2.24, 2.45) is 5.41 Å². The van der Waals surface area contributed by atoms with Crippen LogP contribution in [-0.2, 0) is 4.79 Å². The van der Waals surface area contributed by atoms with Gasteiger partial charge >= 0.3 is 0 Å². The number of ether oxygens (including phenoxy) is 2. The maximum atomic E-state index is 13.1. The molecule has 2 amide bonds. The summed E-state index contributed by atoms with van der Waals surface area (Å²) in [5.41, 5.74) is 0.0554. The number of rotatable bonds is 3. The van der Waals surface area contributed by atoms with Crippen LogP contribution < -0.4 is 9.47 Å². The van der Waals surface area contributed by atoms with Crippen LogP contribution in [0, 0.1) is 5.41 Å². The molecule has 1 unspecified atom stereocenters. The van der Waals surface area contributed by atoms with Crippen molar-refractivity contribution in [3.63, 3.8) is 0 Å². The molecule has 3 aliphatic rings. The Bertz CT molecular complexity index is 1060. The highest BCUT2D eigenvalue weighted by atomic mass is 32.1. The van der Waals surface area contributed by atoms with Gasteiger partial charge in [-0.1, -0.05) is 12.1 Å². The second kappa shape index (κ2) is 8.24. The number of benzene rings is 1. The molecule has 1 atom stereocenters. The average molecular weight is 455 g/mol. The fourth-order valence-electron chi connectivity index (χ4n) is 4.86. The molecule has 1 aromatic heterocycles. The molecular formula is C24H26N2O5S. The molecule has 4 heterocycles. The monoisotopic (exact) mass is 454 g/mol. The van der Waals surface area contributed by atoms with Crippen molar-refractivity contribution < 1.29 is 23.9 Å². The number of para-hydroxylation sites is 2. The van der Waals surface area contributed by atoms with Gasteiger partial charge in [-0.3, -0.25) is 14.4 Å². The molecule has 1 spiro atoms. The fraction of sp³-hybridized carbons (Fsp3) is 0.458. The Morgan fingerprint density at radius 1 is 0.938 bits per heavy atom. The average Bonchev–Trinajstić information content (AvgIpc) is 3.47. The normalized spacial score (nSPS) is 21.6. The van der Waals surface area contributed by atoms with Gasteiger partial charge in [-0.25, -0.2) is 0 Å². The van der Waals surface area contributed by atoms with Crippen molar-refractivity contribution >= 4 is 28.9 Å². The highest BCUT2D eigenvalue weighted by Gasteiger charge is 2.45. The molecule has 2 saturated heterocycles. The molecule has 32 heavy (non-hydrogen) atoms. The van der Waals surface area contributed by atoms with Gasteiger partial charge in [0.2, 0.25) is 6.10 Å². The van der Waals surface area contributed by atoms with E-state index in [1.807, 2.05) is 34.1 Å². The van der Waals surface area contributed by atoms with Crippen LogP contribution in [0.15, 0.2) is 36.4 Å². The molecule has 0 saturated carbocycles. The zero-order valence-electron chi connectivity index (χ0n) is 18.0. The molecule has 8 heteroatoms. The Morgan fingerprint density at radius 2 is 1.59 bits per heavy atom. The highest BCUT2D eigenvalue weighted by molar-refractivity contribution is 7.15. The minimum absolute atomic E-state index is 0.00491. The highest BCUT2D eigenvalue weighted by Crippen LogP contribution is 2.41. The topological polar surface area (TPSA) is 76.2 Å². The van der Waals surface area contributed by atoms with Crippen LogP contribution in [0.25, 0.3) is 0 Å². The third-order valence-corrected chi connectivity index (χ3v) is 7.98. The van der Waals surface area contributed by atoms with Gasteiger partial charge in [-0.15, -0.1) is 11.3 Å². The molecule has 3 aliphatic heterocycles. The Kier molecular flexibility index (Phi) is 5.41. The molecule has 0 radical (unpaired) electrons. The summed E-state index contributed by atoms with van der Waals surface area (Å²) in [7, 11) is 0. The summed E-state index contributed by atoms with van der Waals surface area (Å²) >= 11 is 1.26. The number of Topliss-reactive ketones (excluding diaryl/α,β-unsaturated/α-hetero) is 1. The number of thiophene rings is 1. The number of carbonyl (C=O) groups is 3. The molecule has 7 nitrogen and oxygen atoms in total. The zero-order valence-corrected chi connectivity index (χ0v) is 18.9. The van der Waals surface area contributed by atoms with E-state index in [1.165, 1.54) is 18.3 Å². The maximum Gasteiger partial charge on any atom is 0.267 e. The van der Waals surface area contributed by atoms with E-state index in [-0.39, 0.29) is 29.6 Å². The molecule has 5 rings (SSSR count). The summed E-state index contributed by atoms with van der Waals surface area (Å²) < 4.78 is 11.6. The molecular weight excluding hydrogens is 428 g/mol. The minimum atomic E-state index is -0.615. The summed E-state index contributed by atoms with van der Waals surface area (Å²) in [6.07, 6.45) is 2.07. The van der Waals surface area contributed by atoms with Crippen molar-refractivity contribution in [2.45, 2.75) is 32.3 Å². The third kappa shape index (κ3) is 3.88. The Morgan fingerprint density at radius 3 is 2.28 bits per heavy atom. The van der Waals surface area contributed by atoms with E-state index in [9.17, 15) is 14.4 Å². The van der Waals surface area contributed by atoms with Gasteiger partial charge in [-0.2, -0.15) is 0 Å². The van der Waals surface area contributed by atoms with E-state index in [2.05, 4.69) is 0 Å². The van der Waals surface area contributed by atoms with Crippen LogP contribution in [-0.4, -0.2) is 66.3 Å². The van der Waals surface area contributed by atoms with Crippen LogP contribution in [0.1, 0.15) is 45.5 Å². The predicted molar refractivity (Wildman–Crippen MR) is 119 cm³/mol. The zero-order chi connectivity index (χ0) is 22.3. The molecule has 1 aromatic carbocycles. The van der Waals surface area contributed by atoms with Gasteiger partial charge < -0.3 is 19.3 Å². The number of hydrogen-bond donors (Lipinski definition) is 0. The summed E-state index contributed by atoms with van der Waals surface area (Å²) in [4.78, 5) is 42.5. The van der Waals surface area contributed by atoms with Crippen LogP contribution in [0.2, 0.25) is 0 Å². The molecule has 0 N–H and O–H groups in total. The minimum Gasteiger partial charge on any atom is -0.485 e. The fourth-order valence-corrected chi connectivity index (χ4v) is 5.73. The van der Waals surface area contributed by atoms with Crippen molar-refractivity contribution in [1.29, 1.82) is 0 Å². The van der Waals surface area contributed by atoms with Gasteiger partial charge in [0.05, 0.1) is 9.75 Å². The van der Waals surface area contributed by atoms with Crippen molar-refractivity contribution in [3.05, 3.63) is 46.2 Å². The van der Waals surface area contributed by atoms with Crippen LogP contribution in [0.4, 0.5) is 0 Å². The number of ketones is 1. The van der Waals surface area contributed by atoms with Crippen LogP contribution in [0.3, 0.4) is 0 Å². The van der Waals surface area contributed by atoms with Crippen LogP contribution >= 0.6 is 11.3 Å². The molecule has 2 aromatic rings. The van der Waals surface area contributed by atoms with Crippen molar-refractivity contribution in [1.82, 2.24) is 9.80 Å². The lowest BCUT2D eigenvalue weighted by Crippen LogP contribution is -2.48. The quantitative estimate of drug-likeness (QED) is 0.666. The van der Waals surface area contributed by atoms with E-state index in [0.29, 0.717) is 47.4 Å². The largest absolute Gasteiger partial charge is 0.485 e. The van der Waals surface area contributed by atoms with Gasteiger partial charge in [0.1, 0.15) is 6.61 Å². The van der Waals surface area contributed by atoms with E-state index < -0.39 is 6.10 Å². The second-order valence-electron chi connectivity index (χ2n) is 8.89. The van der Waals surface area contributed by atoms with Crippen molar-refractivity contribution in [2.75, 3.05) is 32.8 Å². The SMILES string of the molecule is CC(=O)c1ccc(C(=O)N2CCC3(CC2)CCN(C(=O)C2COc4ccccc4O2)C3)s1. The first-order valence-electron chi connectivity index (χ1n) is 11.0. The van der Waals surface area contributed by atoms with Gasteiger partial charge in [0, 0.05) is 26.2 Å². The van der Waals surface area contributed by atoms with Gasteiger partial charge in [-0.05, 0) is 55.9 Å². The lowest BCUT2D eigenvalue weighted by Gasteiger charge is -2.39. The smallest absolute Gasteiger partial charge is 0.267 e. The first kappa shape index (κ1) is 21.0. The van der Waals surface area contributed by atoms with Gasteiger partial charge in [0.25, 0.3) is 11.8 Å². The Balaban J connectivity index is 1.17. The Hall–Kier alpha value is -2.87. The number of fused-ring (bicyclic) bond motifs is 1. The van der Waals surface area contributed by atoms with E-state index in [0.717, 1.165) is 19.3 Å². The standard InChI is InChI=1S/C24H26N2O5S/c1-16(27)20-6-7-21(32-20)23(29)25-11-8-24(9-12-25)10-13-26(15-24)22(28)19-14-30-17-4-2-3-5-18(17)31-19/h2-7,19H,8-15H2,1H3. The van der Waals surface area contributed by atoms with E-state index >= 15 is 0 Å². The number of hydrogen-bond acceptors (Lipinski definition) is 6. The first-order valence-corrected chi connectivity index (χ1v) is 11.8. The Labute approximate surface area is 190 Å². The molecule has 2 fully saturated rings. The van der Waals surface area contributed by atoms with Gasteiger partial charge in [0.15, 0.2) is 17.3 Å². The van der Waals surface area contributed by atoms with Crippen LogP contribution in [0.5, 0.6) is 11.5 Å². The number of likely N-dealkylation sites (tertiary alicyclic amines) is 2. The summed E-state index contributed by atoms with van der Waals surface area (Å²) in [5.74, 6) is 1.24. The maximum absolute atomic E-state index is 13.1. The summed E-state index contributed by atoms with van der Waals surface area (Å²) in [5, 5.41) is 0. The van der Waals surface area contributed by atoms with E-state index in [4.69, 9.17) is 9.47 Å². The van der Waals surface area contributed by atoms with E-state index in [1.54, 1.807) is 12.1 Å². The second-order valence-corrected chi connectivity index (χ2v) is 9.97. The third-order valence-electron chi connectivity index (χ3n) is 6.81. The first-order chi connectivity index (χ1) is 15.4. The lowest BCUT2D eigenvalue weighted by molar-refractivity contribution is -0.140. The molecule has 0 bridgehead atoms.